The van der Waals surface area contributed by atoms with E-state index in [1.807, 2.05) is 0 Å². The van der Waals surface area contributed by atoms with Crippen molar-refractivity contribution in [1.82, 2.24) is 9.55 Å². The Balaban J connectivity index is 2.17. The molecule has 0 saturated carbocycles. The number of Topliss-reactive ketones (excluding diaryl/α,β-unsaturated/α-hetero) is 1. The van der Waals surface area contributed by atoms with Crippen LogP contribution in [0.4, 0.5) is 8.78 Å². The van der Waals surface area contributed by atoms with Crippen molar-refractivity contribution >= 4 is 28.6 Å². The third kappa shape index (κ3) is 3.32. The molecule has 0 radical (unpaired) electrons. The summed E-state index contributed by atoms with van der Waals surface area (Å²) in [6.45, 7) is -1.08. The fraction of sp³-hybridized carbons (Fsp3) is 0.385. The number of halogens is 2. The van der Waals surface area contributed by atoms with Crippen molar-refractivity contribution in [2.45, 2.75) is 31.5 Å². The van der Waals surface area contributed by atoms with Gasteiger partial charge in [0.1, 0.15) is 5.78 Å². The molecule has 0 fully saturated rings. The molecule has 1 heterocycles. The first-order valence-electron chi connectivity index (χ1n) is 5.97. The number of para-hydroxylation sites is 2. The Kier molecular flexibility index (Phi) is 4.52. The van der Waals surface area contributed by atoms with Crippen LogP contribution >= 0.6 is 11.8 Å². The van der Waals surface area contributed by atoms with Crippen molar-refractivity contribution in [3.8, 4) is 0 Å². The Labute approximate surface area is 114 Å². The second kappa shape index (κ2) is 6.14. The van der Waals surface area contributed by atoms with Crippen molar-refractivity contribution in [2.75, 3.05) is 5.75 Å². The molecule has 0 unspecified atom stereocenters. The second-order valence-electron chi connectivity index (χ2n) is 4.18. The molecular weight excluding hydrogens is 270 g/mol. The van der Waals surface area contributed by atoms with Crippen LogP contribution < -0.4 is 0 Å². The fourth-order valence-electron chi connectivity index (χ4n) is 1.80. The maximum Gasteiger partial charge on any atom is 0.321 e. The lowest BCUT2D eigenvalue weighted by molar-refractivity contribution is -0.117. The van der Waals surface area contributed by atoms with E-state index in [9.17, 15) is 13.6 Å². The minimum Gasteiger partial charge on any atom is -0.300 e. The van der Waals surface area contributed by atoms with Crippen LogP contribution in [-0.2, 0) is 4.79 Å². The number of imidazole rings is 1. The molecule has 2 aromatic rings. The molecule has 0 spiro atoms. The van der Waals surface area contributed by atoms with E-state index >= 15 is 0 Å². The van der Waals surface area contributed by atoms with E-state index in [0.717, 1.165) is 4.57 Å². The molecule has 0 amide bonds. The van der Waals surface area contributed by atoms with Gasteiger partial charge < -0.3 is 4.79 Å². The van der Waals surface area contributed by atoms with Gasteiger partial charge in [0.2, 0.25) is 0 Å². The Hall–Kier alpha value is -1.43. The summed E-state index contributed by atoms with van der Waals surface area (Å²) >= 11 is 1.26. The van der Waals surface area contributed by atoms with Gasteiger partial charge in [-0.05, 0) is 25.5 Å². The lowest BCUT2D eigenvalue weighted by Crippen LogP contribution is -2.00. The van der Waals surface area contributed by atoms with Crippen molar-refractivity contribution < 1.29 is 13.6 Å². The minimum atomic E-state index is -2.61. The van der Waals surface area contributed by atoms with E-state index in [-0.39, 0.29) is 5.78 Å². The number of rotatable bonds is 6. The molecule has 19 heavy (non-hydrogen) atoms. The van der Waals surface area contributed by atoms with Crippen LogP contribution in [-0.4, -0.2) is 21.1 Å². The average Bonchev–Trinajstić information content (AvgIpc) is 2.72. The van der Waals surface area contributed by atoms with Gasteiger partial charge in [0.15, 0.2) is 5.16 Å². The van der Waals surface area contributed by atoms with Gasteiger partial charge >= 0.3 is 6.55 Å². The number of alkyl halides is 2. The van der Waals surface area contributed by atoms with Crippen molar-refractivity contribution in [1.29, 1.82) is 0 Å². The van der Waals surface area contributed by atoms with Gasteiger partial charge in [-0.2, -0.15) is 8.78 Å². The van der Waals surface area contributed by atoms with Gasteiger partial charge in [0.25, 0.3) is 0 Å². The molecule has 2 rings (SSSR count). The highest BCUT2D eigenvalue weighted by Gasteiger charge is 2.17. The molecule has 0 aliphatic heterocycles. The maximum atomic E-state index is 13.1. The fourth-order valence-corrected chi connectivity index (χ4v) is 2.75. The summed E-state index contributed by atoms with van der Waals surface area (Å²) in [6, 6.07) is 6.84. The van der Waals surface area contributed by atoms with Crippen molar-refractivity contribution in [2.24, 2.45) is 0 Å². The number of nitrogens with zero attached hydrogens (tertiary/aromatic N) is 2. The third-order valence-corrected chi connectivity index (χ3v) is 3.70. The molecule has 0 saturated heterocycles. The Bertz CT molecular complexity index is 583. The van der Waals surface area contributed by atoms with Crippen LogP contribution in [0.1, 0.15) is 26.3 Å². The number of carbonyl (C=O) groups excluding carboxylic acids is 1. The van der Waals surface area contributed by atoms with Gasteiger partial charge in [-0.15, -0.1) is 0 Å². The number of hydrogen-bond donors (Lipinski definition) is 0. The van der Waals surface area contributed by atoms with Gasteiger partial charge in [-0.1, -0.05) is 23.9 Å². The van der Waals surface area contributed by atoms with E-state index in [1.54, 1.807) is 24.3 Å². The van der Waals surface area contributed by atoms with Crippen LogP contribution in [0.3, 0.4) is 0 Å². The monoisotopic (exact) mass is 284 g/mol. The number of ketones is 1. The predicted molar refractivity (Wildman–Crippen MR) is 71.6 cm³/mol. The molecule has 0 atom stereocenters. The topological polar surface area (TPSA) is 34.9 Å². The van der Waals surface area contributed by atoms with Gasteiger partial charge in [0.05, 0.1) is 11.0 Å². The summed E-state index contributed by atoms with van der Waals surface area (Å²) < 4.78 is 27.1. The summed E-state index contributed by atoms with van der Waals surface area (Å²) in [4.78, 5) is 15.0. The third-order valence-electron chi connectivity index (χ3n) is 2.66. The van der Waals surface area contributed by atoms with Crippen LogP contribution in [0.2, 0.25) is 0 Å². The maximum absolute atomic E-state index is 13.1. The summed E-state index contributed by atoms with van der Waals surface area (Å²) in [5, 5.41) is 0.305. The van der Waals surface area contributed by atoms with Crippen LogP contribution in [0.15, 0.2) is 29.4 Å². The van der Waals surface area contributed by atoms with E-state index in [1.165, 1.54) is 18.7 Å². The number of benzene rings is 1. The molecule has 0 aliphatic rings. The van der Waals surface area contributed by atoms with E-state index in [4.69, 9.17) is 0 Å². The van der Waals surface area contributed by atoms with Gasteiger partial charge in [0, 0.05) is 12.2 Å². The molecule has 0 aliphatic carbocycles. The summed E-state index contributed by atoms with van der Waals surface area (Å²) in [5.74, 6) is 0.721. The highest BCUT2D eigenvalue weighted by atomic mass is 32.2. The van der Waals surface area contributed by atoms with Crippen molar-refractivity contribution in [3.63, 3.8) is 0 Å². The summed E-state index contributed by atoms with van der Waals surface area (Å²) in [5.41, 5.74) is 1.00. The van der Waals surface area contributed by atoms with Crippen molar-refractivity contribution in [3.05, 3.63) is 24.3 Å². The first-order chi connectivity index (χ1) is 9.09. The Morgan fingerprint density at radius 3 is 2.84 bits per heavy atom. The molecule has 6 heteroatoms. The number of aromatic nitrogens is 2. The smallest absolute Gasteiger partial charge is 0.300 e. The van der Waals surface area contributed by atoms with Crippen LogP contribution in [0.5, 0.6) is 0 Å². The quantitative estimate of drug-likeness (QED) is 0.596. The SMILES string of the molecule is CC(=O)CCCSc1nc2ccccc2n1C(F)F. The Morgan fingerprint density at radius 2 is 2.16 bits per heavy atom. The number of carbonyl (C=O) groups is 1. The highest BCUT2D eigenvalue weighted by Crippen LogP contribution is 2.29. The minimum absolute atomic E-state index is 0.114. The second-order valence-corrected chi connectivity index (χ2v) is 5.25. The van der Waals surface area contributed by atoms with E-state index in [2.05, 4.69) is 4.98 Å². The number of fused-ring (bicyclic) bond motifs is 1. The van der Waals surface area contributed by atoms with Gasteiger partial charge in [-0.3, -0.25) is 4.57 Å². The first kappa shape index (κ1) is 14.0. The molecule has 102 valence electrons. The standard InChI is InChI=1S/C13H14F2N2OS/c1-9(18)5-4-8-19-13-16-10-6-2-3-7-11(10)17(13)12(14)15/h2-3,6-7,12H,4-5,8H2,1H3. The normalized spacial score (nSPS) is 11.4. The van der Waals surface area contributed by atoms with Crippen LogP contribution in [0.25, 0.3) is 11.0 Å². The first-order valence-corrected chi connectivity index (χ1v) is 6.95. The van der Waals surface area contributed by atoms with E-state index in [0.29, 0.717) is 34.8 Å². The molecule has 3 nitrogen and oxygen atoms in total. The largest absolute Gasteiger partial charge is 0.321 e. The highest BCUT2D eigenvalue weighted by molar-refractivity contribution is 7.99. The Morgan fingerprint density at radius 1 is 1.42 bits per heavy atom. The van der Waals surface area contributed by atoms with Gasteiger partial charge in [-0.25, -0.2) is 4.98 Å². The summed E-state index contributed by atoms with van der Waals surface area (Å²) in [6.07, 6.45) is 1.15. The molecule has 1 aromatic heterocycles. The molecular formula is C13H14F2N2OS. The van der Waals surface area contributed by atoms with Crippen LogP contribution in [0, 0.1) is 0 Å². The molecule has 0 N–H and O–H groups in total. The molecule has 1 aromatic carbocycles. The number of thioether (sulfide) groups is 1. The zero-order valence-corrected chi connectivity index (χ0v) is 11.3. The lowest BCUT2D eigenvalue weighted by Gasteiger charge is -2.06. The summed E-state index contributed by atoms with van der Waals surface area (Å²) in [7, 11) is 0. The predicted octanol–water partition coefficient (Wildman–Crippen LogP) is 3.89. The average molecular weight is 284 g/mol. The van der Waals surface area contributed by atoms with E-state index < -0.39 is 6.55 Å². The number of hydrogen-bond acceptors (Lipinski definition) is 3. The molecule has 0 bridgehead atoms. The zero-order valence-electron chi connectivity index (χ0n) is 10.5. The lowest BCUT2D eigenvalue weighted by atomic mass is 10.3. The zero-order chi connectivity index (χ0) is 13.8.